The topological polar surface area (TPSA) is 67.9 Å². The highest BCUT2D eigenvalue weighted by molar-refractivity contribution is 5.94. The van der Waals surface area contributed by atoms with Gasteiger partial charge in [0.05, 0.1) is 19.3 Å². The molecule has 0 bridgehead atoms. The quantitative estimate of drug-likeness (QED) is 0.896. The van der Waals surface area contributed by atoms with E-state index < -0.39 is 0 Å². The van der Waals surface area contributed by atoms with E-state index in [4.69, 9.17) is 9.47 Å². The number of nitrogens with one attached hydrogen (secondary N) is 1. The molecule has 0 radical (unpaired) electrons. The summed E-state index contributed by atoms with van der Waals surface area (Å²) in [6.07, 6.45) is 1.93. The standard InChI is InChI=1S/C17H22N2O4/c1-12-10-22-8-7-19(12)16(20)11-23-15-4-2-3-14(9-15)18-17(21)13-5-6-13/h2-4,9,12-13H,5-8,10-11H2,1H3,(H,18,21)/t12-/m1/s1. The van der Waals surface area contributed by atoms with Crippen LogP contribution in [0.1, 0.15) is 19.8 Å². The van der Waals surface area contributed by atoms with E-state index in [-0.39, 0.29) is 30.4 Å². The molecular weight excluding hydrogens is 296 g/mol. The zero-order chi connectivity index (χ0) is 16.2. The van der Waals surface area contributed by atoms with Gasteiger partial charge in [0.2, 0.25) is 5.91 Å². The van der Waals surface area contributed by atoms with E-state index in [2.05, 4.69) is 5.32 Å². The molecule has 1 N–H and O–H groups in total. The molecule has 1 heterocycles. The van der Waals surface area contributed by atoms with Crippen LogP contribution >= 0.6 is 0 Å². The summed E-state index contributed by atoms with van der Waals surface area (Å²) in [5.41, 5.74) is 0.701. The molecule has 0 aromatic heterocycles. The second-order valence-corrected chi connectivity index (χ2v) is 6.09. The van der Waals surface area contributed by atoms with E-state index in [0.29, 0.717) is 31.2 Å². The van der Waals surface area contributed by atoms with Crippen LogP contribution in [-0.2, 0) is 14.3 Å². The monoisotopic (exact) mass is 318 g/mol. The summed E-state index contributed by atoms with van der Waals surface area (Å²) in [6, 6.07) is 7.22. The van der Waals surface area contributed by atoms with Crippen LogP contribution in [0.2, 0.25) is 0 Å². The number of carbonyl (C=O) groups is 2. The molecule has 1 aliphatic carbocycles. The SMILES string of the molecule is C[C@@H]1COCCN1C(=O)COc1cccc(NC(=O)C2CC2)c1. The van der Waals surface area contributed by atoms with Gasteiger partial charge in [-0.2, -0.15) is 0 Å². The Morgan fingerprint density at radius 3 is 2.96 bits per heavy atom. The summed E-state index contributed by atoms with van der Waals surface area (Å²) in [7, 11) is 0. The van der Waals surface area contributed by atoms with Crippen molar-refractivity contribution in [2.45, 2.75) is 25.8 Å². The number of hydrogen-bond acceptors (Lipinski definition) is 4. The zero-order valence-electron chi connectivity index (χ0n) is 13.3. The molecule has 23 heavy (non-hydrogen) atoms. The maximum atomic E-state index is 12.2. The minimum atomic E-state index is -0.0479. The highest BCUT2D eigenvalue weighted by Gasteiger charge is 2.29. The van der Waals surface area contributed by atoms with Crippen LogP contribution in [0.3, 0.4) is 0 Å². The number of carbonyl (C=O) groups excluding carboxylic acids is 2. The summed E-state index contributed by atoms with van der Waals surface area (Å²) in [5.74, 6) is 0.741. The molecule has 3 rings (SSSR count). The van der Waals surface area contributed by atoms with Crippen molar-refractivity contribution in [3.05, 3.63) is 24.3 Å². The molecule has 1 atom stereocenters. The predicted octanol–water partition coefficient (Wildman–Crippen LogP) is 1.66. The molecule has 6 nitrogen and oxygen atoms in total. The average Bonchev–Trinajstić information content (AvgIpc) is 3.38. The Hall–Kier alpha value is -2.08. The van der Waals surface area contributed by atoms with Crippen molar-refractivity contribution in [3.8, 4) is 5.75 Å². The fraction of sp³-hybridized carbons (Fsp3) is 0.529. The van der Waals surface area contributed by atoms with Crippen LogP contribution in [0, 0.1) is 5.92 Å². The van der Waals surface area contributed by atoms with E-state index in [9.17, 15) is 9.59 Å². The second kappa shape index (κ2) is 7.00. The number of hydrogen-bond donors (Lipinski definition) is 1. The summed E-state index contributed by atoms with van der Waals surface area (Å²) in [4.78, 5) is 25.8. The van der Waals surface area contributed by atoms with E-state index in [1.807, 2.05) is 13.0 Å². The fourth-order valence-electron chi connectivity index (χ4n) is 2.58. The molecule has 1 aromatic carbocycles. The van der Waals surface area contributed by atoms with Crippen LogP contribution in [0.25, 0.3) is 0 Å². The molecule has 1 aromatic rings. The Labute approximate surface area is 135 Å². The number of rotatable bonds is 5. The lowest BCUT2D eigenvalue weighted by molar-refractivity contribution is -0.141. The average molecular weight is 318 g/mol. The van der Waals surface area contributed by atoms with Crippen molar-refractivity contribution in [3.63, 3.8) is 0 Å². The Bertz CT molecular complexity index is 586. The number of morpholine rings is 1. The van der Waals surface area contributed by atoms with E-state index >= 15 is 0 Å². The number of anilines is 1. The van der Waals surface area contributed by atoms with Crippen LogP contribution in [0.4, 0.5) is 5.69 Å². The molecule has 6 heteroatoms. The van der Waals surface area contributed by atoms with Crippen LogP contribution in [-0.4, -0.2) is 49.1 Å². The summed E-state index contributed by atoms with van der Waals surface area (Å²) >= 11 is 0. The Morgan fingerprint density at radius 2 is 2.22 bits per heavy atom. The van der Waals surface area contributed by atoms with Crippen molar-refractivity contribution in [2.75, 3.05) is 31.7 Å². The Balaban J connectivity index is 1.53. The molecule has 0 unspecified atom stereocenters. The van der Waals surface area contributed by atoms with Gasteiger partial charge in [-0.1, -0.05) is 6.07 Å². The molecular formula is C17H22N2O4. The smallest absolute Gasteiger partial charge is 0.260 e. The first-order chi connectivity index (χ1) is 11.1. The lowest BCUT2D eigenvalue weighted by Gasteiger charge is -2.33. The lowest BCUT2D eigenvalue weighted by Crippen LogP contribution is -2.48. The van der Waals surface area contributed by atoms with Crippen molar-refractivity contribution in [2.24, 2.45) is 5.92 Å². The van der Waals surface area contributed by atoms with Crippen LogP contribution in [0.5, 0.6) is 5.75 Å². The van der Waals surface area contributed by atoms with Gasteiger partial charge in [0.1, 0.15) is 5.75 Å². The third-order valence-electron chi connectivity index (χ3n) is 4.10. The maximum Gasteiger partial charge on any atom is 0.260 e. The van der Waals surface area contributed by atoms with Gasteiger partial charge in [0, 0.05) is 24.2 Å². The van der Waals surface area contributed by atoms with Gasteiger partial charge in [0.25, 0.3) is 5.91 Å². The maximum absolute atomic E-state index is 12.2. The summed E-state index contributed by atoms with van der Waals surface area (Å²) < 4.78 is 10.9. The van der Waals surface area contributed by atoms with Gasteiger partial charge in [-0.25, -0.2) is 0 Å². The fourth-order valence-corrected chi connectivity index (χ4v) is 2.58. The minimum Gasteiger partial charge on any atom is -0.484 e. The molecule has 2 aliphatic rings. The molecule has 1 saturated heterocycles. The molecule has 0 spiro atoms. The van der Waals surface area contributed by atoms with Gasteiger partial charge in [-0.05, 0) is 31.9 Å². The first kappa shape index (κ1) is 15.8. The first-order valence-corrected chi connectivity index (χ1v) is 8.04. The van der Waals surface area contributed by atoms with Gasteiger partial charge < -0.3 is 19.7 Å². The summed E-state index contributed by atoms with van der Waals surface area (Å²) in [6.45, 7) is 3.68. The lowest BCUT2D eigenvalue weighted by atomic mass is 10.2. The van der Waals surface area contributed by atoms with Gasteiger partial charge >= 0.3 is 0 Å². The predicted molar refractivity (Wildman–Crippen MR) is 85.3 cm³/mol. The minimum absolute atomic E-state index is 0.00956. The highest BCUT2D eigenvalue weighted by atomic mass is 16.5. The van der Waals surface area contributed by atoms with Gasteiger partial charge in [-0.15, -0.1) is 0 Å². The van der Waals surface area contributed by atoms with Gasteiger partial charge in [-0.3, -0.25) is 9.59 Å². The highest BCUT2D eigenvalue weighted by Crippen LogP contribution is 2.30. The van der Waals surface area contributed by atoms with Crippen molar-refractivity contribution < 1.29 is 19.1 Å². The molecule has 2 fully saturated rings. The third-order valence-corrected chi connectivity index (χ3v) is 4.10. The van der Waals surface area contributed by atoms with Crippen LogP contribution < -0.4 is 10.1 Å². The zero-order valence-corrected chi connectivity index (χ0v) is 13.3. The van der Waals surface area contributed by atoms with Gasteiger partial charge in [0.15, 0.2) is 6.61 Å². The molecule has 1 saturated carbocycles. The molecule has 2 amide bonds. The van der Waals surface area contributed by atoms with Crippen molar-refractivity contribution >= 4 is 17.5 Å². The number of ether oxygens (including phenoxy) is 2. The Kier molecular flexibility index (Phi) is 4.81. The largest absolute Gasteiger partial charge is 0.484 e. The Morgan fingerprint density at radius 1 is 1.39 bits per heavy atom. The summed E-state index contributed by atoms with van der Waals surface area (Å²) in [5, 5.41) is 2.87. The van der Waals surface area contributed by atoms with E-state index in [0.717, 1.165) is 12.8 Å². The van der Waals surface area contributed by atoms with E-state index in [1.54, 1.807) is 23.1 Å². The number of amides is 2. The molecule has 124 valence electrons. The normalized spacial score (nSPS) is 20.9. The number of benzene rings is 1. The first-order valence-electron chi connectivity index (χ1n) is 8.04. The van der Waals surface area contributed by atoms with Crippen molar-refractivity contribution in [1.29, 1.82) is 0 Å². The second-order valence-electron chi connectivity index (χ2n) is 6.09. The van der Waals surface area contributed by atoms with Crippen molar-refractivity contribution in [1.82, 2.24) is 4.90 Å². The van der Waals surface area contributed by atoms with E-state index in [1.165, 1.54) is 0 Å². The van der Waals surface area contributed by atoms with Crippen LogP contribution in [0.15, 0.2) is 24.3 Å². The molecule has 1 aliphatic heterocycles. The third kappa shape index (κ3) is 4.22. The number of nitrogens with zero attached hydrogens (tertiary/aromatic N) is 1.